The Morgan fingerprint density at radius 3 is 2.71 bits per heavy atom. The summed E-state index contributed by atoms with van der Waals surface area (Å²) in [6, 6.07) is 4.58. The molecule has 1 rings (SSSR count). The van der Waals surface area contributed by atoms with Crippen molar-refractivity contribution in [1.82, 2.24) is 4.98 Å². The van der Waals surface area contributed by atoms with Gasteiger partial charge in [-0.05, 0) is 12.1 Å². The van der Waals surface area contributed by atoms with Gasteiger partial charge >= 0.3 is 0 Å². The van der Waals surface area contributed by atoms with Crippen LogP contribution < -0.4 is 0 Å². The quantitative estimate of drug-likeness (QED) is 0.596. The van der Waals surface area contributed by atoms with Crippen molar-refractivity contribution in [3.05, 3.63) is 36.2 Å². The van der Waals surface area contributed by atoms with Crippen LogP contribution in [-0.4, -0.2) is 22.3 Å². The van der Waals surface area contributed by atoms with Crippen LogP contribution in [-0.2, 0) is 4.79 Å². The Balaban J connectivity index is 2.85. The Hall–Kier alpha value is -1.78. The van der Waals surface area contributed by atoms with Crippen LogP contribution >= 0.6 is 0 Å². The molecule has 0 fully saturated rings. The highest BCUT2D eigenvalue weighted by Gasteiger charge is 2.14. The van der Waals surface area contributed by atoms with Crippen molar-refractivity contribution in [2.24, 2.45) is 0 Å². The average molecular weight is 199 g/mol. The molecule has 5 heteroatoms. The molecule has 1 aromatic heterocycles. The van der Waals surface area contributed by atoms with Gasteiger partial charge in [-0.2, -0.15) is 0 Å². The van der Waals surface area contributed by atoms with Crippen LogP contribution in [0.25, 0.3) is 5.76 Å². The van der Waals surface area contributed by atoms with Crippen LogP contribution in [0.5, 0.6) is 0 Å². The molecule has 0 bridgehead atoms. The van der Waals surface area contributed by atoms with Crippen LogP contribution in [0, 0.1) is 0 Å². The van der Waals surface area contributed by atoms with E-state index in [2.05, 4.69) is 4.98 Å². The van der Waals surface area contributed by atoms with Gasteiger partial charge in [0.2, 0.25) is 5.78 Å². The monoisotopic (exact) mass is 199 g/mol. The molecule has 74 valence electrons. The molecule has 1 heterocycles. The molecule has 0 saturated carbocycles. The second-order valence-corrected chi connectivity index (χ2v) is 2.45. The number of aliphatic hydroxyl groups excluding tert-OH is 1. The summed E-state index contributed by atoms with van der Waals surface area (Å²) in [5.41, 5.74) is 0.0847. The Bertz CT molecular complexity index is 349. The number of alkyl halides is 2. The van der Waals surface area contributed by atoms with Crippen LogP contribution in [0.2, 0.25) is 0 Å². The molecule has 0 aliphatic heterocycles. The predicted octanol–water partition coefficient (Wildman–Crippen LogP) is 1.81. The van der Waals surface area contributed by atoms with Gasteiger partial charge in [0.15, 0.2) is 0 Å². The fourth-order valence-electron chi connectivity index (χ4n) is 0.786. The van der Waals surface area contributed by atoms with Crippen molar-refractivity contribution in [3.8, 4) is 0 Å². The van der Waals surface area contributed by atoms with Gasteiger partial charge < -0.3 is 5.11 Å². The number of pyridine rings is 1. The molecular formula is C9H7F2NO2. The SMILES string of the molecule is O=C(C=C(O)c1ccccn1)C(F)F. The van der Waals surface area contributed by atoms with E-state index in [1.807, 2.05) is 0 Å². The molecule has 0 saturated heterocycles. The van der Waals surface area contributed by atoms with E-state index in [0.29, 0.717) is 6.08 Å². The maximum absolute atomic E-state index is 11.8. The highest BCUT2D eigenvalue weighted by Crippen LogP contribution is 2.08. The lowest BCUT2D eigenvalue weighted by atomic mass is 10.2. The van der Waals surface area contributed by atoms with Gasteiger partial charge in [-0.3, -0.25) is 9.78 Å². The average Bonchev–Trinajstić information content (AvgIpc) is 2.19. The molecule has 0 unspecified atom stereocenters. The van der Waals surface area contributed by atoms with Crippen LogP contribution in [0.1, 0.15) is 5.69 Å². The van der Waals surface area contributed by atoms with E-state index < -0.39 is 18.0 Å². The minimum Gasteiger partial charge on any atom is -0.506 e. The molecule has 3 nitrogen and oxygen atoms in total. The van der Waals surface area contributed by atoms with Crippen molar-refractivity contribution in [2.45, 2.75) is 6.43 Å². The fourth-order valence-corrected chi connectivity index (χ4v) is 0.786. The van der Waals surface area contributed by atoms with Crippen LogP contribution in [0.3, 0.4) is 0 Å². The van der Waals surface area contributed by atoms with E-state index >= 15 is 0 Å². The Kier molecular flexibility index (Phi) is 3.28. The van der Waals surface area contributed by atoms with E-state index in [-0.39, 0.29) is 5.69 Å². The minimum absolute atomic E-state index is 0.0847. The highest BCUT2D eigenvalue weighted by molar-refractivity contribution is 5.97. The smallest absolute Gasteiger partial charge is 0.300 e. The van der Waals surface area contributed by atoms with Crippen LogP contribution in [0.4, 0.5) is 8.78 Å². The summed E-state index contributed by atoms with van der Waals surface area (Å²) in [6.07, 6.45) is -1.26. The number of aliphatic hydroxyl groups is 1. The Morgan fingerprint density at radius 2 is 2.21 bits per heavy atom. The minimum atomic E-state index is -3.11. The van der Waals surface area contributed by atoms with E-state index in [0.717, 1.165) is 0 Å². The third-order valence-corrected chi connectivity index (χ3v) is 1.42. The summed E-state index contributed by atoms with van der Waals surface area (Å²) in [4.78, 5) is 14.2. The zero-order valence-corrected chi connectivity index (χ0v) is 7.02. The topological polar surface area (TPSA) is 50.2 Å². The lowest BCUT2D eigenvalue weighted by Gasteiger charge is -1.97. The second kappa shape index (κ2) is 4.45. The summed E-state index contributed by atoms with van der Waals surface area (Å²) < 4.78 is 23.6. The van der Waals surface area contributed by atoms with E-state index in [9.17, 15) is 18.7 Å². The van der Waals surface area contributed by atoms with Crippen molar-refractivity contribution in [2.75, 3.05) is 0 Å². The molecule has 14 heavy (non-hydrogen) atoms. The standard InChI is InChI=1S/C9H7F2NO2/c10-9(11)8(14)5-7(13)6-3-1-2-4-12-6/h1-5,9,13H. The number of carbonyl (C=O) groups is 1. The number of rotatable bonds is 3. The Morgan fingerprint density at radius 1 is 1.50 bits per heavy atom. The van der Waals surface area contributed by atoms with Gasteiger partial charge in [0, 0.05) is 12.3 Å². The second-order valence-electron chi connectivity index (χ2n) is 2.45. The number of aromatic nitrogens is 1. The molecular weight excluding hydrogens is 192 g/mol. The molecule has 0 aromatic carbocycles. The summed E-state index contributed by atoms with van der Waals surface area (Å²) >= 11 is 0. The predicted molar refractivity (Wildman–Crippen MR) is 45.9 cm³/mol. The molecule has 0 radical (unpaired) electrons. The molecule has 0 aliphatic rings. The Labute approximate surface area is 78.7 Å². The molecule has 0 aliphatic carbocycles. The molecule has 1 aromatic rings. The third kappa shape index (κ3) is 2.62. The number of hydrogen-bond acceptors (Lipinski definition) is 3. The van der Waals surface area contributed by atoms with Crippen molar-refractivity contribution in [1.29, 1.82) is 0 Å². The first-order chi connectivity index (χ1) is 6.61. The lowest BCUT2D eigenvalue weighted by Crippen LogP contribution is -2.06. The maximum Gasteiger partial charge on any atom is 0.300 e. The largest absolute Gasteiger partial charge is 0.506 e. The normalized spacial score (nSPS) is 11.8. The van der Waals surface area contributed by atoms with Gasteiger partial charge in [-0.1, -0.05) is 6.07 Å². The van der Waals surface area contributed by atoms with E-state index in [4.69, 9.17) is 0 Å². The molecule has 0 atom stereocenters. The first kappa shape index (κ1) is 10.3. The van der Waals surface area contributed by atoms with Crippen molar-refractivity contribution in [3.63, 3.8) is 0 Å². The zero-order valence-electron chi connectivity index (χ0n) is 7.02. The summed E-state index contributed by atoms with van der Waals surface area (Å²) in [5, 5.41) is 9.18. The number of ketones is 1. The highest BCUT2D eigenvalue weighted by atomic mass is 19.3. The zero-order chi connectivity index (χ0) is 10.6. The lowest BCUT2D eigenvalue weighted by molar-refractivity contribution is -0.124. The summed E-state index contributed by atoms with van der Waals surface area (Å²) in [7, 11) is 0. The van der Waals surface area contributed by atoms with Gasteiger partial charge in [0.05, 0.1) is 0 Å². The molecule has 0 amide bonds. The van der Waals surface area contributed by atoms with Crippen LogP contribution in [0.15, 0.2) is 30.5 Å². The number of carbonyl (C=O) groups excluding carboxylic acids is 1. The van der Waals surface area contributed by atoms with Crippen molar-refractivity contribution >= 4 is 11.5 Å². The van der Waals surface area contributed by atoms with Crippen molar-refractivity contribution < 1.29 is 18.7 Å². The summed E-state index contributed by atoms with van der Waals surface area (Å²) in [5.74, 6) is -2.00. The number of halogens is 2. The van der Waals surface area contributed by atoms with Gasteiger partial charge in [-0.15, -0.1) is 0 Å². The first-order valence-corrected chi connectivity index (χ1v) is 3.75. The van der Waals surface area contributed by atoms with E-state index in [1.165, 1.54) is 12.3 Å². The number of hydrogen-bond donors (Lipinski definition) is 1. The third-order valence-electron chi connectivity index (χ3n) is 1.42. The van der Waals surface area contributed by atoms with Gasteiger partial charge in [-0.25, -0.2) is 8.78 Å². The van der Waals surface area contributed by atoms with Gasteiger partial charge in [0.1, 0.15) is 11.5 Å². The summed E-state index contributed by atoms with van der Waals surface area (Å²) in [6.45, 7) is 0. The van der Waals surface area contributed by atoms with E-state index in [1.54, 1.807) is 12.1 Å². The molecule has 1 N–H and O–H groups in total. The molecule has 0 spiro atoms. The number of nitrogens with zero attached hydrogens (tertiary/aromatic N) is 1. The number of allylic oxidation sites excluding steroid dienone is 1. The first-order valence-electron chi connectivity index (χ1n) is 3.75. The fraction of sp³-hybridized carbons (Fsp3) is 0.111. The van der Waals surface area contributed by atoms with Gasteiger partial charge in [0.25, 0.3) is 6.43 Å². The maximum atomic E-state index is 11.8.